The molecule has 1 aliphatic rings. The molecule has 176 valence electrons. The van der Waals surface area contributed by atoms with Crippen molar-refractivity contribution < 1.29 is 24.2 Å². The number of carbonyl (C=O) groups is 2. The van der Waals surface area contributed by atoms with Gasteiger partial charge >= 0.3 is 5.97 Å². The number of aromatic nitrogens is 1. The number of hydrogen-bond donors (Lipinski definition) is 2. The van der Waals surface area contributed by atoms with Gasteiger partial charge in [0, 0.05) is 25.4 Å². The monoisotopic (exact) mass is 461 g/mol. The summed E-state index contributed by atoms with van der Waals surface area (Å²) in [5.74, 6) is 0.831. The molecule has 8 heteroatoms. The van der Waals surface area contributed by atoms with E-state index in [1.54, 1.807) is 29.3 Å². The van der Waals surface area contributed by atoms with Crippen LogP contribution in [0.4, 0.5) is 11.5 Å². The molecule has 34 heavy (non-hydrogen) atoms. The van der Waals surface area contributed by atoms with E-state index in [2.05, 4.69) is 10.3 Å². The molecular formula is C26H27N3O5. The summed E-state index contributed by atoms with van der Waals surface area (Å²) in [5.41, 5.74) is 1.47. The van der Waals surface area contributed by atoms with Crippen LogP contribution >= 0.6 is 0 Å². The van der Waals surface area contributed by atoms with Gasteiger partial charge in [-0.1, -0.05) is 36.4 Å². The van der Waals surface area contributed by atoms with Crippen molar-refractivity contribution in [1.29, 1.82) is 0 Å². The van der Waals surface area contributed by atoms with Crippen molar-refractivity contribution in [2.45, 2.75) is 25.4 Å². The zero-order valence-corrected chi connectivity index (χ0v) is 18.7. The topological polar surface area (TPSA) is 101 Å². The van der Waals surface area contributed by atoms with Crippen LogP contribution in [0.2, 0.25) is 0 Å². The normalized spacial score (nSPS) is 13.5. The molecular weight excluding hydrogens is 434 g/mol. The lowest BCUT2D eigenvalue weighted by Gasteiger charge is -2.30. The maximum Gasteiger partial charge on any atom is 0.307 e. The number of ether oxygens (including phenoxy) is 2. The third kappa shape index (κ3) is 6.04. The number of carboxylic acids is 1. The molecule has 1 unspecified atom stereocenters. The Morgan fingerprint density at radius 2 is 1.94 bits per heavy atom. The third-order valence-electron chi connectivity index (χ3n) is 5.46. The van der Waals surface area contributed by atoms with Gasteiger partial charge in [0.15, 0.2) is 6.61 Å². The molecule has 0 fully saturated rings. The minimum Gasteiger partial charge on any atom is -0.485 e. The standard InChI is InChI=1S/C26H27N3O5/c30-25-18-33-23-16-20(34-22(17-26(31)32)19-8-2-1-3-9-19)11-12-21(23)29(25)15-7-6-14-28-24-10-4-5-13-27-24/h1-5,8-13,16,22H,6-7,14-15,17-18H2,(H,27,28)(H,31,32). The second-order valence-electron chi connectivity index (χ2n) is 7.93. The minimum atomic E-state index is -0.947. The van der Waals surface area contributed by atoms with Crippen molar-refractivity contribution in [1.82, 2.24) is 4.98 Å². The van der Waals surface area contributed by atoms with Crippen LogP contribution in [0.1, 0.15) is 30.9 Å². The van der Waals surface area contributed by atoms with Crippen LogP contribution < -0.4 is 19.7 Å². The van der Waals surface area contributed by atoms with Crippen LogP contribution in [0.25, 0.3) is 0 Å². The molecule has 2 N–H and O–H groups in total. The Hall–Kier alpha value is -4.07. The Kier molecular flexibility index (Phi) is 7.60. The van der Waals surface area contributed by atoms with E-state index in [0.717, 1.165) is 30.8 Å². The molecule has 1 aliphatic heterocycles. The van der Waals surface area contributed by atoms with Gasteiger partial charge in [0.25, 0.3) is 5.91 Å². The fourth-order valence-corrected chi connectivity index (χ4v) is 3.80. The molecule has 1 atom stereocenters. The van der Waals surface area contributed by atoms with E-state index < -0.39 is 12.1 Å². The summed E-state index contributed by atoms with van der Waals surface area (Å²) < 4.78 is 11.7. The van der Waals surface area contributed by atoms with E-state index in [0.29, 0.717) is 23.7 Å². The van der Waals surface area contributed by atoms with Gasteiger partial charge in [-0.15, -0.1) is 0 Å². The van der Waals surface area contributed by atoms with Crippen molar-refractivity contribution in [3.63, 3.8) is 0 Å². The molecule has 0 saturated heterocycles. The Morgan fingerprint density at radius 1 is 1.12 bits per heavy atom. The summed E-state index contributed by atoms with van der Waals surface area (Å²) in [6, 6.07) is 20.2. The van der Waals surface area contributed by atoms with Crippen LogP contribution in [0.5, 0.6) is 11.5 Å². The van der Waals surface area contributed by atoms with Crippen LogP contribution in [0, 0.1) is 0 Å². The highest BCUT2D eigenvalue weighted by atomic mass is 16.5. The number of nitrogens with zero attached hydrogens (tertiary/aromatic N) is 2. The quantitative estimate of drug-likeness (QED) is 0.411. The number of benzene rings is 2. The predicted molar refractivity (Wildman–Crippen MR) is 128 cm³/mol. The van der Waals surface area contributed by atoms with Crippen LogP contribution in [-0.2, 0) is 9.59 Å². The van der Waals surface area contributed by atoms with Crippen molar-refractivity contribution in [3.8, 4) is 11.5 Å². The van der Waals surface area contributed by atoms with Crippen LogP contribution in [0.15, 0.2) is 72.9 Å². The van der Waals surface area contributed by atoms with Gasteiger partial charge in [-0.3, -0.25) is 9.59 Å². The maximum atomic E-state index is 12.5. The summed E-state index contributed by atoms with van der Waals surface area (Å²) >= 11 is 0. The highest BCUT2D eigenvalue weighted by Gasteiger charge is 2.26. The molecule has 3 aromatic rings. The van der Waals surface area contributed by atoms with Crippen LogP contribution in [0.3, 0.4) is 0 Å². The lowest BCUT2D eigenvalue weighted by atomic mass is 10.1. The number of rotatable bonds is 11. The minimum absolute atomic E-state index is 0.0418. The SMILES string of the molecule is O=C(O)CC(Oc1ccc2c(c1)OCC(=O)N2CCCCNc1ccccn1)c1ccccc1. The van der Waals surface area contributed by atoms with Gasteiger partial charge in [0.1, 0.15) is 23.4 Å². The molecule has 0 bridgehead atoms. The lowest BCUT2D eigenvalue weighted by Crippen LogP contribution is -2.39. The Balaban J connectivity index is 1.38. The van der Waals surface area contributed by atoms with Gasteiger partial charge in [-0.05, 0) is 42.7 Å². The summed E-state index contributed by atoms with van der Waals surface area (Å²) in [7, 11) is 0. The van der Waals surface area contributed by atoms with Gasteiger partial charge in [-0.25, -0.2) is 4.98 Å². The molecule has 8 nitrogen and oxygen atoms in total. The number of anilines is 2. The third-order valence-corrected chi connectivity index (χ3v) is 5.46. The van der Waals surface area contributed by atoms with Gasteiger partial charge in [0.05, 0.1) is 12.1 Å². The van der Waals surface area contributed by atoms with E-state index in [9.17, 15) is 14.7 Å². The average Bonchev–Trinajstić information content (AvgIpc) is 2.85. The number of carboxylic acid groups (broad SMARTS) is 1. The van der Waals surface area contributed by atoms with E-state index in [-0.39, 0.29) is 18.9 Å². The number of hydrogen-bond acceptors (Lipinski definition) is 6. The summed E-state index contributed by atoms with van der Waals surface area (Å²) in [5, 5.41) is 12.6. The number of aliphatic carboxylic acids is 1. The predicted octanol–water partition coefficient (Wildman–Crippen LogP) is 4.29. The van der Waals surface area contributed by atoms with Gasteiger partial charge in [-0.2, -0.15) is 0 Å². The molecule has 0 radical (unpaired) electrons. The first kappa shape index (κ1) is 23.1. The largest absolute Gasteiger partial charge is 0.485 e. The van der Waals surface area contributed by atoms with E-state index in [1.165, 1.54) is 0 Å². The fraction of sp³-hybridized carbons (Fsp3) is 0.269. The Bertz CT molecular complexity index is 1110. The van der Waals surface area contributed by atoms with Gasteiger partial charge < -0.3 is 24.8 Å². The second kappa shape index (κ2) is 11.2. The highest BCUT2D eigenvalue weighted by molar-refractivity contribution is 5.97. The van der Waals surface area contributed by atoms with Crippen molar-refractivity contribution in [2.24, 2.45) is 0 Å². The van der Waals surface area contributed by atoms with Crippen molar-refractivity contribution in [3.05, 3.63) is 78.5 Å². The number of nitrogens with one attached hydrogen (secondary N) is 1. The molecule has 4 rings (SSSR count). The number of pyridine rings is 1. The molecule has 1 aromatic heterocycles. The molecule has 2 aromatic carbocycles. The fourth-order valence-electron chi connectivity index (χ4n) is 3.80. The summed E-state index contributed by atoms with van der Waals surface area (Å²) in [6.07, 6.45) is 2.64. The first-order chi connectivity index (χ1) is 16.6. The maximum absolute atomic E-state index is 12.5. The molecule has 2 heterocycles. The highest BCUT2D eigenvalue weighted by Crippen LogP contribution is 2.37. The number of amides is 1. The van der Waals surface area contributed by atoms with E-state index in [4.69, 9.17) is 9.47 Å². The number of fused-ring (bicyclic) bond motifs is 1. The average molecular weight is 462 g/mol. The van der Waals surface area contributed by atoms with Gasteiger partial charge in [0.2, 0.25) is 0 Å². The molecule has 0 saturated carbocycles. The number of carbonyl (C=O) groups excluding carboxylic acids is 1. The number of unbranched alkanes of at least 4 members (excludes halogenated alkanes) is 1. The summed E-state index contributed by atoms with van der Waals surface area (Å²) in [6.45, 7) is 1.30. The zero-order chi connectivity index (χ0) is 23.8. The Labute approximate surface area is 198 Å². The molecule has 0 spiro atoms. The van der Waals surface area contributed by atoms with E-state index in [1.807, 2.05) is 48.5 Å². The Morgan fingerprint density at radius 3 is 2.71 bits per heavy atom. The second-order valence-corrected chi connectivity index (χ2v) is 7.93. The first-order valence-electron chi connectivity index (χ1n) is 11.3. The molecule has 0 aliphatic carbocycles. The van der Waals surface area contributed by atoms with Crippen molar-refractivity contribution in [2.75, 3.05) is 29.9 Å². The smallest absolute Gasteiger partial charge is 0.307 e. The van der Waals surface area contributed by atoms with E-state index >= 15 is 0 Å². The van der Waals surface area contributed by atoms with Crippen molar-refractivity contribution >= 4 is 23.4 Å². The first-order valence-corrected chi connectivity index (χ1v) is 11.3. The summed E-state index contributed by atoms with van der Waals surface area (Å²) in [4.78, 5) is 29.8. The van der Waals surface area contributed by atoms with Crippen LogP contribution in [-0.4, -0.2) is 41.7 Å². The molecule has 1 amide bonds. The lowest BCUT2D eigenvalue weighted by molar-refractivity contribution is -0.139. The zero-order valence-electron chi connectivity index (χ0n) is 18.7.